The van der Waals surface area contributed by atoms with Crippen LogP contribution in [0, 0.1) is 11.3 Å². The zero-order valence-corrected chi connectivity index (χ0v) is 12.9. The van der Waals surface area contributed by atoms with Crippen LogP contribution in [0.2, 0.25) is 0 Å². The van der Waals surface area contributed by atoms with Gasteiger partial charge in [-0.25, -0.2) is 0 Å². The van der Waals surface area contributed by atoms with Gasteiger partial charge in [0.1, 0.15) is 5.75 Å². The fourth-order valence-electron chi connectivity index (χ4n) is 1.84. The number of nitrogens with zero attached hydrogens (tertiary/aromatic N) is 2. The van der Waals surface area contributed by atoms with Crippen LogP contribution >= 0.6 is 0 Å². The Morgan fingerprint density at radius 2 is 2.08 bits per heavy atom. The maximum absolute atomic E-state index is 12.3. The first-order valence-electron chi connectivity index (χ1n) is 7.07. The molecule has 0 saturated heterocycles. The molecule has 0 saturated carbocycles. The summed E-state index contributed by atoms with van der Waals surface area (Å²) >= 11 is 0. The Morgan fingerprint density at radius 1 is 1.28 bits per heavy atom. The van der Waals surface area contributed by atoms with E-state index in [0.717, 1.165) is 0 Å². The third-order valence-corrected chi connectivity index (χ3v) is 2.87. The van der Waals surface area contributed by atoms with Crippen LogP contribution in [-0.2, 0) is 9.63 Å². The van der Waals surface area contributed by atoms with Gasteiger partial charge in [-0.2, -0.15) is 14.0 Å². The minimum atomic E-state index is -2.95. The van der Waals surface area contributed by atoms with Gasteiger partial charge in [0.25, 0.3) is 5.91 Å². The van der Waals surface area contributed by atoms with E-state index in [0.29, 0.717) is 11.3 Å². The van der Waals surface area contributed by atoms with Crippen molar-refractivity contribution in [2.24, 2.45) is 5.16 Å². The lowest BCUT2D eigenvalue weighted by molar-refractivity contribution is -0.120. The highest BCUT2D eigenvalue weighted by Crippen LogP contribution is 2.18. The predicted octanol–water partition coefficient (Wildman–Crippen LogP) is 3.15. The van der Waals surface area contributed by atoms with Gasteiger partial charge in [-0.15, -0.1) is 0 Å². The summed E-state index contributed by atoms with van der Waals surface area (Å²) in [5.74, 6) is -0.535. The van der Waals surface area contributed by atoms with Crippen molar-refractivity contribution in [1.29, 1.82) is 5.26 Å². The average Bonchev–Trinajstić information content (AvgIpc) is 2.59. The summed E-state index contributed by atoms with van der Waals surface area (Å²) in [5, 5.41) is 14.9. The lowest BCUT2D eigenvalue weighted by Crippen LogP contribution is -2.17. The van der Waals surface area contributed by atoms with Crippen LogP contribution in [0.25, 0.3) is 0 Å². The summed E-state index contributed by atoms with van der Waals surface area (Å²) in [6, 6.07) is 14.4. The summed E-state index contributed by atoms with van der Waals surface area (Å²) in [7, 11) is 0. The Bertz CT molecular complexity index is 804. The molecule has 25 heavy (non-hydrogen) atoms. The highest BCUT2D eigenvalue weighted by molar-refractivity contribution is 5.92. The van der Waals surface area contributed by atoms with Crippen molar-refractivity contribution in [2.75, 3.05) is 11.9 Å². The number of halogens is 2. The topological polar surface area (TPSA) is 83.7 Å². The molecule has 0 unspecified atom stereocenters. The Kier molecular flexibility index (Phi) is 6.42. The number of nitriles is 1. The van der Waals surface area contributed by atoms with E-state index in [-0.39, 0.29) is 17.9 Å². The number of amides is 1. The molecule has 1 amide bonds. The van der Waals surface area contributed by atoms with E-state index in [9.17, 15) is 13.6 Å². The van der Waals surface area contributed by atoms with Gasteiger partial charge in [-0.3, -0.25) is 4.79 Å². The molecule has 0 aliphatic heterocycles. The van der Waals surface area contributed by atoms with Gasteiger partial charge in [0, 0.05) is 11.3 Å². The molecule has 128 valence electrons. The number of alkyl halides is 2. The van der Waals surface area contributed by atoms with Crippen LogP contribution < -0.4 is 10.1 Å². The molecule has 0 heterocycles. The maximum Gasteiger partial charge on any atom is 0.387 e. The lowest BCUT2D eigenvalue weighted by atomic mass is 10.2. The molecule has 2 aromatic carbocycles. The lowest BCUT2D eigenvalue weighted by Gasteiger charge is -2.07. The highest BCUT2D eigenvalue weighted by atomic mass is 19.3. The molecule has 2 aromatic rings. The van der Waals surface area contributed by atoms with Crippen LogP contribution in [0.5, 0.6) is 5.75 Å². The number of para-hydroxylation sites is 1. The van der Waals surface area contributed by atoms with E-state index in [1.807, 2.05) is 6.07 Å². The van der Waals surface area contributed by atoms with Crippen LogP contribution in [0.15, 0.2) is 53.7 Å². The van der Waals surface area contributed by atoms with Crippen LogP contribution in [-0.4, -0.2) is 25.3 Å². The van der Waals surface area contributed by atoms with Crippen LogP contribution in [0.4, 0.5) is 14.5 Å². The number of rotatable bonds is 7. The Balaban J connectivity index is 1.87. The van der Waals surface area contributed by atoms with Gasteiger partial charge < -0.3 is 14.9 Å². The zero-order valence-electron chi connectivity index (χ0n) is 12.9. The second-order valence-electron chi connectivity index (χ2n) is 4.67. The van der Waals surface area contributed by atoms with Gasteiger partial charge in [0.05, 0.1) is 17.8 Å². The molecule has 0 aliphatic carbocycles. The Hall–Kier alpha value is -3.47. The summed E-state index contributed by atoms with van der Waals surface area (Å²) in [4.78, 5) is 16.6. The van der Waals surface area contributed by atoms with Crippen LogP contribution in [0.1, 0.15) is 11.1 Å². The number of anilines is 1. The first kappa shape index (κ1) is 17.9. The molecule has 0 spiro atoms. The minimum absolute atomic E-state index is 0.0531. The van der Waals surface area contributed by atoms with Crippen molar-refractivity contribution in [1.82, 2.24) is 0 Å². The summed E-state index contributed by atoms with van der Waals surface area (Å²) in [6.45, 7) is -3.34. The molecule has 1 N–H and O–H groups in total. The number of carbonyl (C=O) groups excluding carboxylic acids is 1. The molecule has 8 heteroatoms. The van der Waals surface area contributed by atoms with Gasteiger partial charge in [-0.1, -0.05) is 23.4 Å². The zero-order chi connectivity index (χ0) is 18.1. The van der Waals surface area contributed by atoms with Gasteiger partial charge >= 0.3 is 6.61 Å². The number of hydrogen-bond acceptors (Lipinski definition) is 5. The minimum Gasteiger partial charge on any atom is -0.434 e. The van der Waals surface area contributed by atoms with Gasteiger partial charge in [0.15, 0.2) is 6.61 Å². The normalized spacial score (nSPS) is 10.5. The van der Waals surface area contributed by atoms with Crippen molar-refractivity contribution in [2.45, 2.75) is 6.61 Å². The summed E-state index contributed by atoms with van der Waals surface area (Å²) < 4.78 is 28.9. The molecule has 0 fully saturated rings. The van der Waals surface area contributed by atoms with E-state index in [1.165, 1.54) is 24.4 Å². The molecule has 0 bridgehead atoms. The van der Waals surface area contributed by atoms with Crippen molar-refractivity contribution < 1.29 is 23.1 Å². The maximum atomic E-state index is 12.3. The number of ether oxygens (including phenoxy) is 1. The number of carbonyl (C=O) groups is 1. The molecular formula is C17H13F2N3O3. The number of oxime groups is 1. The van der Waals surface area contributed by atoms with E-state index < -0.39 is 12.5 Å². The predicted molar refractivity (Wildman–Crippen MR) is 86.4 cm³/mol. The van der Waals surface area contributed by atoms with E-state index >= 15 is 0 Å². The number of benzene rings is 2. The third-order valence-electron chi connectivity index (χ3n) is 2.87. The highest BCUT2D eigenvalue weighted by Gasteiger charge is 2.08. The fraction of sp³-hybridized carbons (Fsp3) is 0.118. The molecule has 0 aliphatic rings. The molecule has 0 atom stereocenters. The molecule has 6 nitrogen and oxygen atoms in total. The van der Waals surface area contributed by atoms with Crippen molar-refractivity contribution in [3.63, 3.8) is 0 Å². The van der Waals surface area contributed by atoms with Crippen molar-refractivity contribution in [3.8, 4) is 11.8 Å². The van der Waals surface area contributed by atoms with Crippen molar-refractivity contribution >= 4 is 17.8 Å². The Morgan fingerprint density at radius 3 is 2.84 bits per heavy atom. The van der Waals surface area contributed by atoms with Crippen molar-refractivity contribution in [3.05, 3.63) is 59.7 Å². The second-order valence-corrected chi connectivity index (χ2v) is 4.67. The summed E-state index contributed by atoms with van der Waals surface area (Å²) in [5.41, 5.74) is 1.14. The second kappa shape index (κ2) is 8.98. The smallest absolute Gasteiger partial charge is 0.387 e. The SMILES string of the molecule is N#Cc1cccc(NC(=O)CO/N=C/c2ccccc2OC(F)F)c1. The van der Waals surface area contributed by atoms with Gasteiger partial charge in [-0.05, 0) is 30.3 Å². The summed E-state index contributed by atoms with van der Waals surface area (Å²) in [6.07, 6.45) is 1.17. The molecule has 0 aromatic heterocycles. The first-order valence-corrected chi connectivity index (χ1v) is 7.07. The Labute approximate surface area is 142 Å². The van der Waals surface area contributed by atoms with E-state index in [2.05, 4.69) is 15.2 Å². The fourth-order valence-corrected chi connectivity index (χ4v) is 1.84. The molecular weight excluding hydrogens is 332 g/mol. The molecule has 0 radical (unpaired) electrons. The van der Waals surface area contributed by atoms with E-state index in [1.54, 1.807) is 30.3 Å². The van der Waals surface area contributed by atoms with E-state index in [4.69, 9.17) is 10.1 Å². The third kappa shape index (κ3) is 5.91. The number of hydrogen-bond donors (Lipinski definition) is 1. The van der Waals surface area contributed by atoms with Gasteiger partial charge in [0.2, 0.25) is 0 Å². The largest absolute Gasteiger partial charge is 0.434 e. The monoisotopic (exact) mass is 345 g/mol. The quantitative estimate of drug-likeness (QED) is 0.617. The van der Waals surface area contributed by atoms with Crippen LogP contribution in [0.3, 0.4) is 0 Å². The number of nitrogens with one attached hydrogen (secondary N) is 1. The average molecular weight is 345 g/mol. The first-order chi connectivity index (χ1) is 12.1. The molecule has 2 rings (SSSR count). The standard InChI is InChI=1S/C17H13F2N3O3/c18-17(19)25-15-7-2-1-5-13(15)10-21-24-11-16(23)22-14-6-3-4-12(8-14)9-20/h1-8,10,17H,11H2,(H,22,23)/b21-10+.